The van der Waals surface area contributed by atoms with Gasteiger partial charge < -0.3 is 0 Å². The van der Waals surface area contributed by atoms with E-state index in [1.54, 1.807) is 11.3 Å². The summed E-state index contributed by atoms with van der Waals surface area (Å²) in [5, 5.41) is 12.2. The van der Waals surface area contributed by atoms with Gasteiger partial charge in [-0.2, -0.15) is 5.26 Å². The molecule has 0 aliphatic heterocycles. The molecule has 0 unspecified atom stereocenters. The van der Waals surface area contributed by atoms with Crippen LogP contribution >= 0.6 is 11.3 Å². The molecule has 1 heterocycles. The van der Waals surface area contributed by atoms with Crippen molar-refractivity contribution in [2.75, 3.05) is 0 Å². The number of hydrogen-bond acceptors (Lipinski definition) is 3. The lowest BCUT2D eigenvalue weighted by atomic mass is 10.1. The molecule has 3 heteroatoms. The summed E-state index contributed by atoms with van der Waals surface area (Å²) >= 11 is 1.60. The van der Waals surface area contributed by atoms with Crippen LogP contribution in [0.25, 0.3) is 10.6 Å². The van der Waals surface area contributed by atoms with Gasteiger partial charge in [0.25, 0.3) is 0 Å². The molecule has 0 aliphatic carbocycles. The number of thiazole rings is 1. The summed E-state index contributed by atoms with van der Waals surface area (Å²) in [4.78, 5) is 4.59. The number of nitrogens with zero attached hydrogens (tertiary/aromatic N) is 2. The van der Waals surface area contributed by atoms with Crippen LogP contribution in [0.2, 0.25) is 0 Å². The topological polar surface area (TPSA) is 36.7 Å². The molecule has 86 valence electrons. The Morgan fingerprint density at radius 3 is 2.71 bits per heavy atom. The molecule has 1 aromatic carbocycles. The minimum atomic E-state index is 0.427. The molecule has 1 aromatic heterocycles. The molecule has 0 bridgehead atoms. The van der Waals surface area contributed by atoms with E-state index in [0.29, 0.717) is 11.5 Å². The van der Waals surface area contributed by atoms with E-state index in [2.05, 4.69) is 30.3 Å². The number of aryl methyl sites for hydroxylation is 1. The summed E-state index contributed by atoms with van der Waals surface area (Å²) in [6, 6.07) is 8.15. The monoisotopic (exact) mass is 242 g/mol. The van der Waals surface area contributed by atoms with Crippen molar-refractivity contribution in [1.82, 2.24) is 4.98 Å². The summed E-state index contributed by atoms with van der Waals surface area (Å²) in [6.45, 7) is 6.24. The molecule has 0 saturated carbocycles. The highest BCUT2D eigenvalue weighted by Gasteiger charge is 2.11. The van der Waals surface area contributed by atoms with Gasteiger partial charge in [0.15, 0.2) is 0 Å². The lowest BCUT2D eigenvalue weighted by Crippen LogP contribution is -1.89. The molecule has 0 N–H and O–H groups in total. The van der Waals surface area contributed by atoms with Crippen molar-refractivity contribution in [3.05, 3.63) is 40.4 Å². The van der Waals surface area contributed by atoms with Crippen LogP contribution in [-0.4, -0.2) is 4.98 Å². The fourth-order valence-electron chi connectivity index (χ4n) is 1.61. The molecule has 0 amide bonds. The predicted octanol–water partition coefficient (Wildman–Crippen LogP) is 4.11. The highest BCUT2D eigenvalue weighted by atomic mass is 32.1. The van der Waals surface area contributed by atoms with Crippen LogP contribution in [-0.2, 0) is 0 Å². The zero-order valence-corrected chi connectivity index (χ0v) is 11.0. The van der Waals surface area contributed by atoms with E-state index >= 15 is 0 Å². The number of hydrogen-bond donors (Lipinski definition) is 0. The standard InChI is InChI=1S/C14H14N2S/c1-9(2)13-8-17-14(16-13)12-5-4-10(3)6-11(12)7-15/h4-6,8-9H,1-3H3. The average molecular weight is 242 g/mol. The number of benzene rings is 1. The van der Waals surface area contributed by atoms with Crippen molar-refractivity contribution in [2.24, 2.45) is 0 Å². The van der Waals surface area contributed by atoms with Gasteiger partial charge in [0.2, 0.25) is 0 Å². The first-order valence-electron chi connectivity index (χ1n) is 5.58. The first kappa shape index (κ1) is 11.8. The van der Waals surface area contributed by atoms with Crippen LogP contribution in [0.3, 0.4) is 0 Å². The van der Waals surface area contributed by atoms with Gasteiger partial charge in [0, 0.05) is 10.9 Å². The second-order valence-corrected chi connectivity index (χ2v) is 5.25. The van der Waals surface area contributed by atoms with Crippen molar-refractivity contribution in [1.29, 1.82) is 5.26 Å². The van der Waals surface area contributed by atoms with E-state index in [4.69, 9.17) is 5.26 Å². The van der Waals surface area contributed by atoms with Gasteiger partial charge in [-0.15, -0.1) is 11.3 Å². The average Bonchev–Trinajstić information content (AvgIpc) is 2.78. The quantitative estimate of drug-likeness (QED) is 0.794. The van der Waals surface area contributed by atoms with Crippen molar-refractivity contribution in [2.45, 2.75) is 26.7 Å². The summed E-state index contributed by atoms with van der Waals surface area (Å²) in [5.74, 6) is 0.427. The Balaban J connectivity index is 2.49. The maximum absolute atomic E-state index is 9.15. The van der Waals surface area contributed by atoms with Crippen molar-refractivity contribution in [3.8, 4) is 16.6 Å². The zero-order valence-electron chi connectivity index (χ0n) is 10.2. The summed E-state index contributed by atoms with van der Waals surface area (Å²) < 4.78 is 0. The van der Waals surface area contributed by atoms with Gasteiger partial charge in [-0.25, -0.2) is 4.98 Å². The van der Waals surface area contributed by atoms with E-state index in [1.165, 1.54) is 0 Å². The number of rotatable bonds is 2. The van der Waals surface area contributed by atoms with Gasteiger partial charge >= 0.3 is 0 Å². The molecule has 0 fully saturated rings. The van der Waals surface area contributed by atoms with Gasteiger partial charge in [-0.1, -0.05) is 26.0 Å². The van der Waals surface area contributed by atoms with Crippen LogP contribution in [0.15, 0.2) is 23.6 Å². The first-order valence-corrected chi connectivity index (χ1v) is 6.46. The Morgan fingerprint density at radius 2 is 2.12 bits per heavy atom. The highest BCUT2D eigenvalue weighted by Crippen LogP contribution is 2.29. The van der Waals surface area contributed by atoms with Gasteiger partial charge in [0.1, 0.15) is 5.01 Å². The second kappa shape index (κ2) is 4.68. The maximum atomic E-state index is 9.15. The molecule has 0 saturated heterocycles. The third-order valence-corrected chi connectivity index (χ3v) is 3.53. The fraction of sp³-hybridized carbons (Fsp3) is 0.286. The van der Waals surface area contributed by atoms with Gasteiger partial charge in [-0.3, -0.25) is 0 Å². The minimum Gasteiger partial charge on any atom is -0.241 e. The van der Waals surface area contributed by atoms with E-state index < -0.39 is 0 Å². The lowest BCUT2D eigenvalue weighted by molar-refractivity contribution is 0.834. The Hall–Kier alpha value is -1.66. The van der Waals surface area contributed by atoms with Crippen molar-refractivity contribution >= 4 is 11.3 Å². The smallest absolute Gasteiger partial charge is 0.124 e. The number of nitriles is 1. The molecule has 0 spiro atoms. The summed E-state index contributed by atoms with van der Waals surface area (Å²) in [5.41, 5.74) is 3.84. The molecular weight excluding hydrogens is 228 g/mol. The van der Waals surface area contributed by atoms with Crippen LogP contribution in [0.5, 0.6) is 0 Å². The predicted molar refractivity (Wildman–Crippen MR) is 71.1 cm³/mol. The van der Waals surface area contributed by atoms with Gasteiger partial charge in [0.05, 0.1) is 17.3 Å². The van der Waals surface area contributed by atoms with E-state index in [9.17, 15) is 0 Å². The Bertz CT molecular complexity index is 576. The molecule has 0 aliphatic rings. The second-order valence-electron chi connectivity index (χ2n) is 4.39. The zero-order chi connectivity index (χ0) is 12.4. The molecule has 0 radical (unpaired) electrons. The van der Waals surface area contributed by atoms with Crippen LogP contribution < -0.4 is 0 Å². The molecule has 0 atom stereocenters. The highest BCUT2D eigenvalue weighted by molar-refractivity contribution is 7.13. The molecular formula is C14H14N2S. The van der Waals surface area contributed by atoms with E-state index in [0.717, 1.165) is 21.8 Å². The third-order valence-electron chi connectivity index (χ3n) is 2.64. The first-order chi connectivity index (χ1) is 8.11. The van der Waals surface area contributed by atoms with Crippen LogP contribution in [0, 0.1) is 18.3 Å². The Labute approximate surface area is 106 Å². The molecule has 2 rings (SSSR count). The fourth-order valence-corrected chi connectivity index (χ4v) is 2.63. The minimum absolute atomic E-state index is 0.427. The van der Waals surface area contributed by atoms with Crippen molar-refractivity contribution in [3.63, 3.8) is 0 Å². The van der Waals surface area contributed by atoms with Crippen molar-refractivity contribution < 1.29 is 0 Å². The summed E-state index contributed by atoms with van der Waals surface area (Å²) in [7, 11) is 0. The molecule has 2 nitrogen and oxygen atoms in total. The Kier molecular flexibility index (Phi) is 3.26. The van der Waals surface area contributed by atoms with E-state index in [-0.39, 0.29) is 0 Å². The van der Waals surface area contributed by atoms with E-state index in [1.807, 2.05) is 25.1 Å². The lowest BCUT2D eigenvalue weighted by Gasteiger charge is -2.02. The number of aromatic nitrogens is 1. The Morgan fingerprint density at radius 1 is 1.35 bits per heavy atom. The normalized spacial score (nSPS) is 10.5. The van der Waals surface area contributed by atoms with Gasteiger partial charge in [-0.05, 0) is 24.5 Å². The molecule has 17 heavy (non-hydrogen) atoms. The third kappa shape index (κ3) is 2.37. The SMILES string of the molecule is Cc1ccc(-c2nc(C(C)C)cs2)c(C#N)c1. The largest absolute Gasteiger partial charge is 0.241 e. The maximum Gasteiger partial charge on any atom is 0.124 e. The van der Waals surface area contributed by atoms with Crippen LogP contribution in [0.1, 0.15) is 36.6 Å². The summed E-state index contributed by atoms with van der Waals surface area (Å²) in [6.07, 6.45) is 0. The van der Waals surface area contributed by atoms with Crippen LogP contribution in [0.4, 0.5) is 0 Å². The molecule has 2 aromatic rings.